The Morgan fingerprint density at radius 1 is 1.15 bits per heavy atom. The molecule has 3 N–H and O–H groups in total. The first-order valence-electron chi connectivity index (χ1n) is 9.02. The van der Waals surface area contributed by atoms with Crippen LogP contribution in [0, 0.1) is 5.92 Å². The highest BCUT2D eigenvalue weighted by Gasteiger charge is 2.28. The topological polar surface area (TPSA) is 90.6 Å². The number of nitrogens with two attached hydrogens (primary N) is 1. The molecule has 2 aromatic carbocycles. The fourth-order valence-electron chi connectivity index (χ4n) is 3.22. The second kappa shape index (κ2) is 8.68. The molecule has 0 bridgehead atoms. The molecule has 1 saturated carbocycles. The fraction of sp³-hybridized carbons (Fsp3) is 0.333. The van der Waals surface area contributed by atoms with Gasteiger partial charge in [0.2, 0.25) is 5.91 Å². The average Bonchev–Trinajstić information content (AvgIpc) is 3.13. The molecule has 1 amide bonds. The van der Waals surface area contributed by atoms with E-state index in [-0.39, 0.29) is 17.9 Å². The van der Waals surface area contributed by atoms with E-state index in [0.717, 1.165) is 18.4 Å². The Morgan fingerprint density at radius 3 is 2.59 bits per heavy atom. The van der Waals surface area contributed by atoms with Crippen LogP contribution in [0.3, 0.4) is 0 Å². The van der Waals surface area contributed by atoms with Gasteiger partial charge in [-0.3, -0.25) is 4.79 Å². The molecule has 3 rings (SSSR count). The molecule has 1 aliphatic carbocycles. The van der Waals surface area contributed by atoms with Crippen LogP contribution < -0.4 is 15.8 Å². The van der Waals surface area contributed by atoms with E-state index in [9.17, 15) is 9.59 Å². The van der Waals surface area contributed by atoms with Gasteiger partial charge in [0, 0.05) is 12.0 Å². The molecular formula is C21H24N2O4. The Hall–Kier alpha value is -2.86. The Morgan fingerprint density at radius 2 is 1.93 bits per heavy atom. The number of esters is 1. The van der Waals surface area contributed by atoms with Gasteiger partial charge in [0.1, 0.15) is 12.4 Å². The van der Waals surface area contributed by atoms with E-state index in [4.69, 9.17) is 15.2 Å². The molecule has 2 aromatic rings. The van der Waals surface area contributed by atoms with Gasteiger partial charge in [-0.05, 0) is 43.0 Å². The highest BCUT2D eigenvalue weighted by atomic mass is 16.5. The average molecular weight is 368 g/mol. The van der Waals surface area contributed by atoms with Crippen LogP contribution in [0.2, 0.25) is 0 Å². The first-order valence-corrected chi connectivity index (χ1v) is 9.02. The minimum absolute atomic E-state index is 0.0657. The summed E-state index contributed by atoms with van der Waals surface area (Å²) in [6.07, 6.45) is 2.28. The Labute approximate surface area is 158 Å². The molecule has 1 fully saturated rings. The molecule has 0 radical (unpaired) electrons. The second-order valence-electron chi connectivity index (χ2n) is 6.74. The molecule has 1 aliphatic rings. The molecule has 0 aromatic heterocycles. The van der Waals surface area contributed by atoms with Gasteiger partial charge in [0.05, 0.1) is 18.4 Å². The van der Waals surface area contributed by atoms with Gasteiger partial charge in [-0.15, -0.1) is 0 Å². The monoisotopic (exact) mass is 368 g/mol. The van der Waals surface area contributed by atoms with E-state index in [0.29, 0.717) is 30.0 Å². The number of anilines is 1. The first kappa shape index (κ1) is 18.9. The van der Waals surface area contributed by atoms with Gasteiger partial charge >= 0.3 is 5.97 Å². The van der Waals surface area contributed by atoms with Crippen LogP contribution in [0.25, 0.3) is 0 Å². The number of nitrogens with one attached hydrogen (secondary N) is 1. The van der Waals surface area contributed by atoms with Crippen molar-refractivity contribution in [3.8, 4) is 5.75 Å². The number of hydrogen-bond acceptors (Lipinski definition) is 5. The maximum absolute atomic E-state index is 12.6. The summed E-state index contributed by atoms with van der Waals surface area (Å²) < 4.78 is 10.7. The zero-order valence-corrected chi connectivity index (χ0v) is 15.3. The van der Waals surface area contributed by atoms with Crippen LogP contribution in [-0.4, -0.2) is 25.0 Å². The highest BCUT2D eigenvalue weighted by molar-refractivity contribution is 5.97. The summed E-state index contributed by atoms with van der Waals surface area (Å²) in [6, 6.07) is 14.7. The van der Waals surface area contributed by atoms with Crippen molar-refractivity contribution in [1.29, 1.82) is 0 Å². The van der Waals surface area contributed by atoms with Crippen LogP contribution in [0.5, 0.6) is 5.75 Å². The number of methoxy groups -OCH3 is 1. The van der Waals surface area contributed by atoms with Gasteiger partial charge < -0.3 is 20.5 Å². The van der Waals surface area contributed by atoms with Crippen molar-refractivity contribution in [2.24, 2.45) is 11.7 Å². The summed E-state index contributed by atoms with van der Waals surface area (Å²) >= 11 is 0. The quantitative estimate of drug-likeness (QED) is 0.765. The third-order valence-corrected chi connectivity index (χ3v) is 4.74. The summed E-state index contributed by atoms with van der Waals surface area (Å²) in [7, 11) is 1.32. The Bertz CT molecular complexity index is 807. The lowest BCUT2D eigenvalue weighted by Crippen LogP contribution is -2.23. The predicted molar refractivity (Wildman–Crippen MR) is 103 cm³/mol. The second-order valence-corrected chi connectivity index (χ2v) is 6.74. The SMILES string of the molecule is COC(=O)c1ccc(OCc2ccccc2)c(NC(=O)C2CCC(N)C2)c1. The van der Waals surface area contributed by atoms with E-state index in [2.05, 4.69) is 5.32 Å². The predicted octanol–water partition coefficient (Wildman–Crippen LogP) is 3.12. The molecule has 142 valence electrons. The number of ether oxygens (including phenoxy) is 2. The Kier molecular flexibility index (Phi) is 6.08. The van der Waals surface area contributed by atoms with Crippen molar-refractivity contribution in [2.45, 2.75) is 31.9 Å². The molecular weight excluding hydrogens is 344 g/mol. The van der Waals surface area contributed by atoms with Gasteiger partial charge in [-0.25, -0.2) is 4.79 Å². The summed E-state index contributed by atoms with van der Waals surface area (Å²) in [5, 5.41) is 2.90. The maximum atomic E-state index is 12.6. The minimum Gasteiger partial charge on any atom is -0.487 e. The number of amides is 1. The van der Waals surface area contributed by atoms with Gasteiger partial charge in [-0.2, -0.15) is 0 Å². The third kappa shape index (κ3) is 4.86. The number of carbonyl (C=O) groups excluding carboxylic acids is 2. The van der Waals surface area contributed by atoms with Crippen molar-refractivity contribution in [3.63, 3.8) is 0 Å². The molecule has 6 heteroatoms. The van der Waals surface area contributed by atoms with E-state index >= 15 is 0 Å². The molecule has 2 unspecified atom stereocenters. The maximum Gasteiger partial charge on any atom is 0.337 e. The molecule has 6 nitrogen and oxygen atoms in total. The molecule has 0 spiro atoms. The van der Waals surface area contributed by atoms with E-state index in [1.165, 1.54) is 7.11 Å². The lowest BCUT2D eigenvalue weighted by Gasteiger charge is -2.16. The normalized spacial score (nSPS) is 18.7. The number of benzene rings is 2. The van der Waals surface area contributed by atoms with Crippen LogP contribution in [0.1, 0.15) is 35.2 Å². The van der Waals surface area contributed by atoms with Crippen molar-refractivity contribution in [3.05, 3.63) is 59.7 Å². The lowest BCUT2D eigenvalue weighted by atomic mass is 10.1. The smallest absolute Gasteiger partial charge is 0.337 e. The Balaban J connectivity index is 1.78. The van der Waals surface area contributed by atoms with E-state index < -0.39 is 5.97 Å². The highest BCUT2D eigenvalue weighted by Crippen LogP contribution is 2.30. The molecule has 0 heterocycles. The van der Waals surface area contributed by atoms with E-state index in [1.54, 1.807) is 18.2 Å². The first-order chi connectivity index (χ1) is 13.1. The van der Waals surface area contributed by atoms with Gasteiger partial charge in [0.15, 0.2) is 0 Å². The third-order valence-electron chi connectivity index (χ3n) is 4.74. The minimum atomic E-state index is -0.469. The van der Waals surface area contributed by atoms with Crippen molar-refractivity contribution in [1.82, 2.24) is 0 Å². The largest absolute Gasteiger partial charge is 0.487 e. The van der Waals surface area contributed by atoms with Gasteiger partial charge in [-0.1, -0.05) is 30.3 Å². The van der Waals surface area contributed by atoms with Crippen LogP contribution in [0.15, 0.2) is 48.5 Å². The van der Waals surface area contributed by atoms with Crippen molar-refractivity contribution < 1.29 is 19.1 Å². The fourth-order valence-corrected chi connectivity index (χ4v) is 3.22. The van der Waals surface area contributed by atoms with Crippen molar-refractivity contribution >= 4 is 17.6 Å². The number of hydrogen-bond donors (Lipinski definition) is 2. The summed E-state index contributed by atoms with van der Waals surface area (Å²) in [6.45, 7) is 0.357. The van der Waals surface area contributed by atoms with E-state index in [1.807, 2.05) is 30.3 Å². The van der Waals surface area contributed by atoms with Crippen LogP contribution >= 0.6 is 0 Å². The van der Waals surface area contributed by atoms with Crippen molar-refractivity contribution in [2.75, 3.05) is 12.4 Å². The zero-order chi connectivity index (χ0) is 19.2. The molecule has 0 aliphatic heterocycles. The standard InChI is InChI=1S/C21H24N2O4/c1-26-21(25)16-8-10-19(27-13-14-5-3-2-4-6-14)18(12-16)23-20(24)15-7-9-17(22)11-15/h2-6,8,10,12,15,17H,7,9,11,13,22H2,1H3,(H,23,24). The van der Waals surface area contributed by atoms with Gasteiger partial charge in [0.25, 0.3) is 0 Å². The van der Waals surface area contributed by atoms with Crippen LogP contribution in [-0.2, 0) is 16.1 Å². The number of rotatable bonds is 6. The summed E-state index contributed by atoms with van der Waals surface area (Å²) in [5.74, 6) is -0.191. The van der Waals surface area contributed by atoms with Crippen LogP contribution in [0.4, 0.5) is 5.69 Å². The zero-order valence-electron chi connectivity index (χ0n) is 15.3. The lowest BCUT2D eigenvalue weighted by molar-refractivity contribution is -0.119. The molecule has 0 saturated heterocycles. The summed E-state index contributed by atoms with van der Waals surface area (Å²) in [4.78, 5) is 24.4. The molecule has 2 atom stereocenters. The molecule has 27 heavy (non-hydrogen) atoms. The number of carbonyl (C=O) groups is 2. The summed E-state index contributed by atoms with van der Waals surface area (Å²) in [5.41, 5.74) is 7.73.